The third-order valence-corrected chi connectivity index (χ3v) is 8.82. The SMILES string of the molecule is Cc1c(C2CCN(S(=O)(=O)c3cc(F)ccc3F)CC2)c2ccccc2n1Cc1ccc(F)cc1. The number of para-hydroxylation sites is 1. The first kappa shape index (κ1) is 23.6. The lowest BCUT2D eigenvalue weighted by atomic mass is 9.88. The Bertz CT molecular complexity index is 1490. The van der Waals surface area contributed by atoms with E-state index in [2.05, 4.69) is 23.6 Å². The highest BCUT2D eigenvalue weighted by Crippen LogP contribution is 2.39. The number of hydrogen-bond acceptors (Lipinski definition) is 2. The molecule has 1 aliphatic rings. The second kappa shape index (κ2) is 9.17. The van der Waals surface area contributed by atoms with Crippen molar-refractivity contribution in [3.8, 4) is 0 Å². The van der Waals surface area contributed by atoms with Crippen LogP contribution in [0.25, 0.3) is 10.9 Å². The monoisotopic (exact) mass is 498 g/mol. The van der Waals surface area contributed by atoms with E-state index in [9.17, 15) is 21.6 Å². The van der Waals surface area contributed by atoms with Crippen LogP contribution in [0.3, 0.4) is 0 Å². The fraction of sp³-hybridized carbons (Fsp3) is 0.259. The average Bonchev–Trinajstić information content (AvgIpc) is 3.13. The van der Waals surface area contributed by atoms with Crippen molar-refractivity contribution in [1.82, 2.24) is 8.87 Å². The van der Waals surface area contributed by atoms with E-state index in [1.54, 1.807) is 12.1 Å². The molecule has 0 bridgehead atoms. The Hall–Kier alpha value is -3.10. The molecule has 0 N–H and O–H groups in total. The molecule has 8 heteroatoms. The fourth-order valence-corrected chi connectivity index (χ4v) is 6.69. The number of sulfonamides is 1. The lowest BCUT2D eigenvalue weighted by molar-refractivity contribution is 0.318. The number of nitrogens with zero attached hydrogens (tertiary/aromatic N) is 2. The number of rotatable bonds is 5. The zero-order valence-electron chi connectivity index (χ0n) is 19.2. The number of piperidine rings is 1. The Kier molecular flexibility index (Phi) is 6.19. The van der Waals surface area contributed by atoms with Gasteiger partial charge in [0.2, 0.25) is 10.0 Å². The fourth-order valence-electron chi connectivity index (χ4n) is 5.15. The van der Waals surface area contributed by atoms with E-state index in [0.29, 0.717) is 19.4 Å². The van der Waals surface area contributed by atoms with Crippen LogP contribution in [0.1, 0.15) is 35.6 Å². The highest BCUT2D eigenvalue weighted by atomic mass is 32.2. The van der Waals surface area contributed by atoms with E-state index < -0.39 is 26.6 Å². The number of fused-ring (bicyclic) bond motifs is 1. The second-order valence-electron chi connectivity index (χ2n) is 8.98. The third kappa shape index (κ3) is 4.36. The molecule has 1 saturated heterocycles. The van der Waals surface area contributed by atoms with Crippen LogP contribution >= 0.6 is 0 Å². The van der Waals surface area contributed by atoms with Crippen molar-refractivity contribution < 1.29 is 21.6 Å². The van der Waals surface area contributed by atoms with Crippen molar-refractivity contribution >= 4 is 20.9 Å². The summed E-state index contributed by atoms with van der Waals surface area (Å²) < 4.78 is 70.7. The predicted molar refractivity (Wildman–Crippen MR) is 129 cm³/mol. The summed E-state index contributed by atoms with van der Waals surface area (Å²) >= 11 is 0. The van der Waals surface area contributed by atoms with Gasteiger partial charge in [-0.05, 0) is 73.2 Å². The number of hydrogen-bond donors (Lipinski definition) is 0. The normalized spacial score (nSPS) is 15.7. The molecule has 1 aromatic heterocycles. The molecule has 0 saturated carbocycles. The first-order valence-corrected chi connectivity index (χ1v) is 13.0. The lowest BCUT2D eigenvalue weighted by Crippen LogP contribution is -2.38. The first-order valence-electron chi connectivity index (χ1n) is 11.5. The molecule has 3 aromatic carbocycles. The minimum Gasteiger partial charge on any atom is -0.340 e. The zero-order chi connectivity index (χ0) is 24.7. The molecule has 0 radical (unpaired) electrons. The van der Waals surface area contributed by atoms with E-state index in [4.69, 9.17) is 0 Å². The van der Waals surface area contributed by atoms with Gasteiger partial charge in [0.25, 0.3) is 0 Å². The van der Waals surface area contributed by atoms with Gasteiger partial charge < -0.3 is 4.57 Å². The van der Waals surface area contributed by atoms with Gasteiger partial charge in [-0.25, -0.2) is 21.6 Å². The summed E-state index contributed by atoms with van der Waals surface area (Å²) in [6, 6.07) is 17.0. The average molecular weight is 499 g/mol. The van der Waals surface area contributed by atoms with E-state index in [0.717, 1.165) is 40.4 Å². The summed E-state index contributed by atoms with van der Waals surface area (Å²) in [4.78, 5) is -0.622. The van der Waals surface area contributed by atoms with E-state index in [-0.39, 0.29) is 24.8 Å². The van der Waals surface area contributed by atoms with Crippen LogP contribution < -0.4 is 0 Å². The van der Waals surface area contributed by atoms with E-state index in [1.165, 1.54) is 22.0 Å². The summed E-state index contributed by atoms with van der Waals surface area (Å²) in [5.74, 6) is -1.89. The zero-order valence-corrected chi connectivity index (χ0v) is 20.0. The Morgan fingerprint density at radius 3 is 2.26 bits per heavy atom. The Morgan fingerprint density at radius 1 is 0.886 bits per heavy atom. The standard InChI is InChI=1S/C27H25F3N2O2S/c1-18-27(23-4-2-3-5-25(23)32(18)17-19-6-8-21(28)9-7-19)20-12-14-31(15-13-20)35(33,34)26-16-22(29)10-11-24(26)30/h2-11,16,20H,12-15,17H2,1H3. The molecule has 0 unspecified atom stereocenters. The molecule has 1 fully saturated rings. The maximum Gasteiger partial charge on any atom is 0.246 e. The van der Waals surface area contributed by atoms with Crippen LogP contribution in [-0.4, -0.2) is 30.4 Å². The van der Waals surface area contributed by atoms with Crippen LogP contribution in [-0.2, 0) is 16.6 Å². The molecule has 0 atom stereocenters. The van der Waals surface area contributed by atoms with Crippen LogP contribution in [0.15, 0.2) is 71.6 Å². The summed E-state index contributed by atoms with van der Waals surface area (Å²) in [5, 5.41) is 1.12. The number of halogens is 3. The first-order chi connectivity index (χ1) is 16.8. The lowest BCUT2D eigenvalue weighted by Gasteiger charge is -2.31. The van der Waals surface area contributed by atoms with Gasteiger partial charge in [0, 0.05) is 36.2 Å². The van der Waals surface area contributed by atoms with Gasteiger partial charge in [-0.2, -0.15) is 4.31 Å². The van der Waals surface area contributed by atoms with Crippen molar-refractivity contribution in [3.63, 3.8) is 0 Å². The maximum absolute atomic E-state index is 14.2. The van der Waals surface area contributed by atoms with Crippen LogP contribution in [0.5, 0.6) is 0 Å². The Balaban J connectivity index is 1.43. The minimum absolute atomic E-state index is 0.123. The number of benzene rings is 3. The molecule has 35 heavy (non-hydrogen) atoms. The van der Waals surface area contributed by atoms with Crippen LogP contribution in [0.2, 0.25) is 0 Å². The molecule has 5 rings (SSSR count). The third-order valence-electron chi connectivity index (χ3n) is 6.91. The second-order valence-corrected chi connectivity index (χ2v) is 10.9. The Labute approximate surface area is 202 Å². The molecule has 0 amide bonds. The van der Waals surface area contributed by atoms with Crippen molar-refractivity contribution in [2.75, 3.05) is 13.1 Å². The van der Waals surface area contributed by atoms with E-state index in [1.807, 2.05) is 12.1 Å². The highest BCUT2D eigenvalue weighted by Gasteiger charge is 2.33. The van der Waals surface area contributed by atoms with Crippen molar-refractivity contribution in [3.05, 3.63) is 101 Å². The largest absolute Gasteiger partial charge is 0.340 e. The van der Waals surface area contributed by atoms with Gasteiger partial charge in [-0.15, -0.1) is 0 Å². The van der Waals surface area contributed by atoms with Crippen molar-refractivity contribution in [2.24, 2.45) is 0 Å². The summed E-state index contributed by atoms with van der Waals surface area (Å²) in [6.07, 6.45) is 1.14. The molecule has 2 heterocycles. The molecular formula is C27H25F3N2O2S. The van der Waals surface area contributed by atoms with Gasteiger partial charge in [-0.3, -0.25) is 0 Å². The molecule has 0 spiro atoms. The highest BCUT2D eigenvalue weighted by molar-refractivity contribution is 7.89. The van der Waals surface area contributed by atoms with Gasteiger partial charge in [0.1, 0.15) is 22.3 Å². The topological polar surface area (TPSA) is 42.3 Å². The van der Waals surface area contributed by atoms with Crippen molar-refractivity contribution in [2.45, 2.75) is 37.1 Å². The molecule has 4 aromatic rings. The summed E-state index contributed by atoms with van der Waals surface area (Å²) in [5.41, 5.74) is 4.32. The molecule has 4 nitrogen and oxygen atoms in total. The molecule has 0 aliphatic carbocycles. The van der Waals surface area contributed by atoms with Gasteiger partial charge in [-0.1, -0.05) is 30.3 Å². The van der Waals surface area contributed by atoms with Crippen molar-refractivity contribution in [1.29, 1.82) is 0 Å². The van der Waals surface area contributed by atoms with E-state index >= 15 is 0 Å². The van der Waals surface area contributed by atoms with Gasteiger partial charge >= 0.3 is 0 Å². The van der Waals surface area contributed by atoms with Crippen LogP contribution in [0.4, 0.5) is 13.2 Å². The van der Waals surface area contributed by atoms with Crippen LogP contribution in [0, 0.1) is 24.4 Å². The van der Waals surface area contributed by atoms with Gasteiger partial charge in [0.15, 0.2) is 0 Å². The molecule has 182 valence electrons. The minimum atomic E-state index is -4.13. The quantitative estimate of drug-likeness (QED) is 0.340. The smallest absolute Gasteiger partial charge is 0.246 e. The summed E-state index contributed by atoms with van der Waals surface area (Å²) in [6.45, 7) is 3.10. The number of aromatic nitrogens is 1. The molecular weight excluding hydrogens is 473 g/mol. The predicted octanol–water partition coefficient (Wildman–Crippen LogP) is 5.98. The maximum atomic E-state index is 14.2. The van der Waals surface area contributed by atoms with Gasteiger partial charge in [0.05, 0.1) is 0 Å². The Morgan fingerprint density at radius 2 is 1.54 bits per heavy atom. The summed E-state index contributed by atoms with van der Waals surface area (Å²) in [7, 11) is -4.13. The molecule has 1 aliphatic heterocycles.